The van der Waals surface area contributed by atoms with Crippen molar-refractivity contribution in [2.24, 2.45) is 5.10 Å². The number of carbonyl (C=O) groups excluding carboxylic acids is 1. The van der Waals surface area contributed by atoms with Crippen LogP contribution in [-0.4, -0.2) is 48.0 Å². The van der Waals surface area contributed by atoms with Crippen molar-refractivity contribution in [3.63, 3.8) is 0 Å². The second-order valence-corrected chi connectivity index (χ2v) is 9.04. The summed E-state index contributed by atoms with van der Waals surface area (Å²) in [6, 6.07) is 12.4. The molecular weight excluding hydrogens is 420 g/mol. The summed E-state index contributed by atoms with van der Waals surface area (Å²) >= 11 is 0. The molecular formula is C21H20N4O5S. The Balaban J connectivity index is 1.56. The summed E-state index contributed by atoms with van der Waals surface area (Å²) in [7, 11) is -3.64. The van der Waals surface area contributed by atoms with Crippen molar-refractivity contribution in [2.45, 2.75) is 17.7 Å². The maximum absolute atomic E-state index is 12.7. The zero-order valence-corrected chi connectivity index (χ0v) is 17.2. The third-order valence-electron chi connectivity index (χ3n) is 5.11. The molecule has 0 spiro atoms. The number of carbonyl (C=O) groups is 1. The molecule has 0 bridgehead atoms. The number of pyridine rings is 1. The number of H-pyrrole nitrogens is 1. The molecule has 160 valence electrons. The summed E-state index contributed by atoms with van der Waals surface area (Å²) in [5.41, 5.74) is 2.25. The molecule has 0 radical (unpaired) electrons. The lowest BCUT2D eigenvalue weighted by molar-refractivity contribution is 0.0955. The number of fused-ring (bicyclic) bond motifs is 1. The van der Waals surface area contributed by atoms with E-state index in [0.717, 1.165) is 12.8 Å². The van der Waals surface area contributed by atoms with Crippen LogP contribution in [0.15, 0.2) is 63.3 Å². The van der Waals surface area contributed by atoms with E-state index in [1.165, 1.54) is 34.8 Å². The highest BCUT2D eigenvalue weighted by molar-refractivity contribution is 7.89. The van der Waals surface area contributed by atoms with Gasteiger partial charge in [-0.25, -0.2) is 13.8 Å². The molecule has 0 saturated carbocycles. The Hall–Kier alpha value is -3.50. The van der Waals surface area contributed by atoms with Gasteiger partial charge in [-0.1, -0.05) is 24.3 Å². The summed E-state index contributed by atoms with van der Waals surface area (Å²) < 4.78 is 26.8. The topological polar surface area (TPSA) is 132 Å². The predicted molar refractivity (Wildman–Crippen MR) is 116 cm³/mol. The molecule has 1 fully saturated rings. The number of aromatic amines is 1. The Morgan fingerprint density at radius 3 is 2.55 bits per heavy atom. The third-order valence-corrected chi connectivity index (χ3v) is 7.00. The van der Waals surface area contributed by atoms with Crippen molar-refractivity contribution in [1.82, 2.24) is 14.7 Å². The Bertz CT molecular complexity index is 1340. The second kappa shape index (κ2) is 8.32. The number of sulfonamides is 1. The number of benzene rings is 2. The van der Waals surface area contributed by atoms with Gasteiger partial charge < -0.3 is 5.11 Å². The minimum absolute atomic E-state index is 0.0512. The average Bonchev–Trinajstić information content (AvgIpc) is 3.32. The van der Waals surface area contributed by atoms with Gasteiger partial charge in [0.1, 0.15) is 0 Å². The van der Waals surface area contributed by atoms with Crippen LogP contribution in [0, 0.1) is 0 Å². The summed E-state index contributed by atoms with van der Waals surface area (Å²) in [6.45, 7) is 0.944. The number of hydrogen-bond acceptors (Lipinski definition) is 6. The Morgan fingerprint density at radius 2 is 1.81 bits per heavy atom. The molecule has 31 heavy (non-hydrogen) atoms. The van der Waals surface area contributed by atoms with Gasteiger partial charge in [-0.2, -0.15) is 9.41 Å². The van der Waals surface area contributed by atoms with Gasteiger partial charge in [0.15, 0.2) is 0 Å². The van der Waals surface area contributed by atoms with Gasteiger partial charge in [-0.05, 0) is 37.1 Å². The fraction of sp³-hybridized carbons (Fsp3) is 0.190. The molecule has 9 nitrogen and oxygen atoms in total. The number of amides is 1. The summed E-state index contributed by atoms with van der Waals surface area (Å²) in [5.74, 6) is -0.983. The summed E-state index contributed by atoms with van der Waals surface area (Å²) in [6.07, 6.45) is 2.86. The SMILES string of the molecule is O=C(N/N=C\c1c(O)[nH]c(=O)c2ccccc12)c1cccc(S(=O)(=O)N2CCCC2)c1. The molecule has 1 saturated heterocycles. The van der Waals surface area contributed by atoms with E-state index in [4.69, 9.17) is 0 Å². The van der Waals surface area contributed by atoms with Crippen LogP contribution in [0.5, 0.6) is 5.88 Å². The Labute approximate surface area is 178 Å². The van der Waals surface area contributed by atoms with E-state index in [-0.39, 0.29) is 21.9 Å². The van der Waals surface area contributed by atoms with E-state index in [1.807, 2.05) is 0 Å². The van der Waals surface area contributed by atoms with Crippen molar-refractivity contribution in [3.8, 4) is 5.88 Å². The first-order valence-electron chi connectivity index (χ1n) is 9.65. The molecule has 1 aromatic heterocycles. The number of aromatic nitrogens is 1. The van der Waals surface area contributed by atoms with Crippen molar-refractivity contribution in [3.05, 3.63) is 70.0 Å². The van der Waals surface area contributed by atoms with Crippen molar-refractivity contribution in [2.75, 3.05) is 13.1 Å². The quantitative estimate of drug-likeness (QED) is 0.411. The van der Waals surface area contributed by atoms with Crippen molar-refractivity contribution < 1.29 is 18.3 Å². The lowest BCUT2D eigenvalue weighted by Gasteiger charge is -2.15. The zero-order valence-electron chi connectivity index (χ0n) is 16.4. The lowest BCUT2D eigenvalue weighted by Crippen LogP contribution is -2.28. The molecule has 1 aliphatic heterocycles. The molecule has 3 aromatic rings. The van der Waals surface area contributed by atoms with E-state index < -0.39 is 21.5 Å². The molecule has 3 N–H and O–H groups in total. The monoisotopic (exact) mass is 440 g/mol. The molecule has 2 heterocycles. The number of nitrogens with zero attached hydrogens (tertiary/aromatic N) is 2. The lowest BCUT2D eigenvalue weighted by atomic mass is 10.1. The number of nitrogens with one attached hydrogen (secondary N) is 2. The van der Waals surface area contributed by atoms with E-state index in [0.29, 0.717) is 23.9 Å². The van der Waals surface area contributed by atoms with Gasteiger partial charge in [-0.3, -0.25) is 14.6 Å². The highest BCUT2D eigenvalue weighted by atomic mass is 32.2. The van der Waals surface area contributed by atoms with Crippen molar-refractivity contribution in [1.29, 1.82) is 0 Å². The largest absolute Gasteiger partial charge is 0.494 e. The number of aromatic hydroxyl groups is 1. The van der Waals surface area contributed by atoms with E-state index in [1.54, 1.807) is 24.3 Å². The maximum Gasteiger partial charge on any atom is 0.271 e. The minimum atomic E-state index is -3.64. The zero-order chi connectivity index (χ0) is 22.0. The molecule has 10 heteroatoms. The van der Waals surface area contributed by atoms with Crippen LogP contribution >= 0.6 is 0 Å². The molecule has 4 rings (SSSR count). The fourth-order valence-electron chi connectivity index (χ4n) is 3.51. The van der Waals surface area contributed by atoms with Crippen LogP contribution in [0.2, 0.25) is 0 Å². The van der Waals surface area contributed by atoms with Gasteiger partial charge in [0, 0.05) is 29.4 Å². The molecule has 0 aliphatic carbocycles. The summed E-state index contributed by atoms with van der Waals surface area (Å²) in [5, 5.41) is 14.8. The van der Waals surface area contributed by atoms with Crippen LogP contribution in [0.3, 0.4) is 0 Å². The normalized spacial score (nSPS) is 15.0. The van der Waals surface area contributed by atoms with Gasteiger partial charge in [0.2, 0.25) is 15.9 Å². The Morgan fingerprint density at radius 1 is 1.10 bits per heavy atom. The summed E-state index contributed by atoms with van der Waals surface area (Å²) in [4.78, 5) is 26.8. The minimum Gasteiger partial charge on any atom is -0.494 e. The average molecular weight is 440 g/mol. The first-order chi connectivity index (χ1) is 14.9. The fourth-order valence-corrected chi connectivity index (χ4v) is 5.08. The third kappa shape index (κ3) is 4.07. The van der Waals surface area contributed by atoms with E-state index in [9.17, 15) is 23.1 Å². The smallest absolute Gasteiger partial charge is 0.271 e. The van der Waals surface area contributed by atoms with Gasteiger partial charge >= 0.3 is 0 Å². The number of rotatable bonds is 5. The Kier molecular flexibility index (Phi) is 5.57. The first-order valence-corrected chi connectivity index (χ1v) is 11.1. The van der Waals surface area contributed by atoms with Gasteiger partial charge in [0.25, 0.3) is 11.5 Å². The number of hydrogen-bond donors (Lipinski definition) is 3. The number of hydrazone groups is 1. The second-order valence-electron chi connectivity index (χ2n) is 7.10. The van der Waals surface area contributed by atoms with Gasteiger partial charge in [0.05, 0.1) is 16.7 Å². The van der Waals surface area contributed by atoms with Crippen LogP contribution in [-0.2, 0) is 10.0 Å². The standard InChI is InChI=1S/C21H20N4O5S/c26-19(14-6-5-7-15(12-14)31(29,30)25-10-3-4-11-25)24-22-13-18-16-8-1-2-9-17(16)20(27)23-21(18)28/h1-2,5-9,12-13H,3-4,10-11H2,(H,24,26)(H2,23,27,28)/b22-13-. The van der Waals surface area contributed by atoms with E-state index >= 15 is 0 Å². The van der Waals surface area contributed by atoms with E-state index in [2.05, 4.69) is 15.5 Å². The van der Waals surface area contributed by atoms with Crippen LogP contribution in [0.1, 0.15) is 28.8 Å². The molecule has 2 aromatic carbocycles. The van der Waals surface area contributed by atoms with Crippen molar-refractivity contribution >= 4 is 32.9 Å². The molecule has 1 aliphatic rings. The first kappa shape index (κ1) is 20.8. The molecule has 0 unspecified atom stereocenters. The van der Waals surface area contributed by atoms with Crippen LogP contribution < -0.4 is 11.0 Å². The highest BCUT2D eigenvalue weighted by Crippen LogP contribution is 2.22. The molecule has 0 atom stereocenters. The highest BCUT2D eigenvalue weighted by Gasteiger charge is 2.27. The van der Waals surface area contributed by atoms with Crippen LogP contribution in [0.4, 0.5) is 0 Å². The maximum atomic E-state index is 12.7. The van der Waals surface area contributed by atoms with Gasteiger partial charge in [-0.15, -0.1) is 0 Å². The molecule has 1 amide bonds. The van der Waals surface area contributed by atoms with Crippen LogP contribution in [0.25, 0.3) is 10.8 Å². The predicted octanol–water partition coefficient (Wildman–Crippen LogP) is 1.78.